The quantitative estimate of drug-likeness (QED) is 0.0745. The number of thioether (sulfide) groups is 1. The summed E-state index contributed by atoms with van der Waals surface area (Å²) in [6, 6.07) is 0. The molecule has 14 heteroatoms. The Balaban J connectivity index is 2.04. The van der Waals surface area contributed by atoms with Crippen LogP contribution in [-0.4, -0.2) is 146 Å². The molecule has 0 radical (unpaired) electrons. The minimum Gasteiger partial charge on any atom is -0.394 e. The summed E-state index contributed by atoms with van der Waals surface area (Å²) in [4.78, 5) is 5.30. The molecular formula is C18H35NO11S2. The highest BCUT2D eigenvalue weighted by Crippen LogP contribution is 2.30. The SMILES string of the molecule is CON(CCCSCCS)[C@@H]1OC(CO)[C@@H](O[C@@H]2OC(CO)[C@H](O)C(O)[C@@H]2O)C(O)[C@@H]1O. The first-order valence-corrected chi connectivity index (χ1v) is 12.2. The van der Waals surface area contributed by atoms with Crippen LogP contribution in [0.2, 0.25) is 0 Å². The summed E-state index contributed by atoms with van der Waals surface area (Å²) in [7, 11) is 1.40. The summed E-state index contributed by atoms with van der Waals surface area (Å²) < 4.78 is 16.6. The zero-order valence-electron chi connectivity index (χ0n) is 17.8. The van der Waals surface area contributed by atoms with Crippen molar-refractivity contribution in [3.05, 3.63) is 0 Å². The summed E-state index contributed by atoms with van der Waals surface area (Å²) in [5, 5.41) is 71.8. The summed E-state index contributed by atoms with van der Waals surface area (Å²) >= 11 is 5.87. The van der Waals surface area contributed by atoms with Gasteiger partial charge in [0.05, 0.1) is 20.3 Å². The molecule has 0 aliphatic carbocycles. The lowest BCUT2D eigenvalue weighted by atomic mass is 9.96. The number of aliphatic hydroxyl groups is 7. The van der Waals surface area contributed by atoms with Crippen LogP contribution >= 0.6 is 24.4 Å². The average molecular weight is 506 g/mol. The highest BCUT2D eigenvalue weighted by atomic mass is 32.2. The number of hydroxylamine groups is 2. The van der Waals surface area contributed by atoms with Crippen LogP contribution < -0.4 is 0 Å². The average Bonchev–Trinajstić information content (AvgIpc) is 2.80. The van der Waals surface area contributed by atoms with Crippen molar-refractivity contribution in [2.45, 2.75) is 67.8 Å². The second-order valence-electron chi connectivity index (χ2n) is 7.54. The normalized spacial score (nSPS) is 40.7. The molecule has 0 aromatic heterocycles. The number of hydrogen-bond acceptors (Lipinski definition) is 14. The molecule has 0 aromatic rings. The second-order valence-corrected chi connectivity index (χ2v) is 9.21. The molecule has 0 bridgehead atoms. The van der Waals surface area contributed by atoms with Crippen molar-refractivity contribution in [3.8, 4) is 0 Å². The van der Waals surface area contributed by atoms with Crippen molar-refractivity contribution in [1.29, 1.82) is 0 Å². The van der Waals surface area contributed by atoms with Gasteiger partial charge in [0.2, 0.25) is 0 Å². The fourth-order valence-corrected chi connectivity index (χ4v) is 4.67. The van der Waals surface area contributed by atoms with Gasteiger partial charge in [-0.15, -0.1) is 0 Å². The standard InChI is InChI=1S/C18H35NO11S2/c1-27-19(3-2-5-32-6-4-31)17-14(25)13(24)16(10(8-21)28-17)30-18-15(26)12(23)11(22)9(7-20)29-18/h9-18,20-26,31H,2-8H2,1H3/t9?,10?,11-,12?,13?,14-,15-,16+,17+,18-/m0/s1. The number of rotatable bonds is 12. The summed E-state index contributed by atoms with van der Waals surface area (Å²) in [6.07, 6.45) is -13.7. The molecule has 2 aliphatic rings. The predicted octanol–water partition coefficient (Wildman–Crippen LogP) is -3.47. The van der Waals surface area contributed by atoms with Gasteiger partial charge in [-0.2, -0.15) is 29.5 Å². The molecule has 0 saturated carbocycles. The number of aliphatic hydroxyl groups excluding tert-OH is 7. The topological polar surface area (TPSA) is 182 Å². The molecule has 0 spiro atoms. The van der Waals surface area contributed by atoms with Gasteiger partial charge >= 0.3 is 0 Å². The molecule has 32 heavy (non-hydrogen) atoms. The summed E-state index contributed by atoms with van der Waals surface area (Å²) in [5.74, 6) is 2.50. The van der Waals surface area contributed by atoms with E-state index in [1.54, 1.807) is 11.8 Å². The van der Waals surface area contributed by atoms with Gasteiger partial charge in [-0.05, 0) is 17.9 Å². The Hall–Kier alpha value is 0.220. The Morgan fingerprint density at radius 2 is 1.56 bits per heavy atom. The molecule has 2 heterocycles. The smallest absolute Gasteiger partial charge is 0.187 e. The Morgan fingerprint density at radius 1 is 0.875 bits per heavy atom. The van der Waals surface area contributed by atoms with Crippen molar-refractivity contribution in [3.63, 3.8) is 0 Å². The Kier molecular flexibility index (Phi) is 12.4. The monoisotopic (exact) mass is 505 g/mol. The third-order valence-corrected chi connectivity index (χ3v) is 7.00. The van der Waals surface area contributed by atoms with E-state index < -0.39 is 74.6 Å². The molecule has 2 saturated heterocycles. The van der Waals surface area contributed by atoms with Gasteiger partial charge in [0.1, 0.15) is 48.8 Å². The van der Waals surface area contributed by atoms with E-state index in [1.165, 1.54) is 12.2 Å². The number of thiol groups is 1. The molecule has 4 unspecified atom stereocenters. The molecule has 0 aromatic carbocycles. The van der Waals surface area contributed by atoms with Gasteiger partial charge in [0, 0.05) is 12.3 Å². The lowest BCUT2D eigenvalue weighted by Gasteiger charge is -2.47. The number of nitrogens with zero attached hydrogens (tertiary/aromatic N) is 1. The van der Waals surface area contributed by atoms with Crippen molar-refractivity contribution in [2.24, 2.45) is 0 Å². The number of hydrogen-bond donors (Lipinski definition) is 8. The van der Waals surface area contributed by atoms with Gasteiger partial charge in [-0.1, -0.05) is 0 Å². The minimum atomic E-state index is -1.71. The van der Waals surface area contributed by atoms with E-state index in [1.807, 2.05) is 0 Å². The lowest BCUT2D eigenvalue weighted by Crippen LogP contribution is -2.66. The first-order valence-electron chi connectivity index (χ1n) is 10.4. The molecule has 12 nitrogen and oxygen atoms in total. The third-order valence-electron chi connectivity index (χ3n) is 5.40. The Morgan fingerprint density at radius 3 is 2.16 bits per heavy atom. The fourth-order valence-electron chi connectivity index (χ4n) is 3.62. The molecule has 190 valence electrons. The van der Waals surface area contributed by atoms with Crippen LogP contribution in [0.3, 0.4) is 0 Å². The van der Waals surface area contributed by atoms with Crippen LogP contribution in [-0.2, 0) is 19.0 Å². The van der Waals surface area contributed by atoms with Crippen molar-refractivity contribution < 1.29 is 54.8 Å². The molecule has 2 fully saturated rings. The van der Waals surface area contributed by atoms with Gasteiger partial charge in [0.25, 0.3) is 0 Å². The van der Waals surface area contributed by atoms with Crippen LogP contribution in [0, 0.1) is 0 Å². The summed E-state index contributed by atoms with van der Waals surface area (Å²) in [5.41, 5.74) is 0. The zero-order chi connectivity index (χ0) is 23.8. The Bertz CT molecular complexity index is 535. The van der Waals surface area contributed by atoms with Crippen LogP contribution in [0.25, 0.3) is 0 Å². The van der Waals surface area contributed by atoms with Crippen molar-refractivity contribution in [2.75, 3.05) is 44.1 Å². The molecule has 0 amide bonds. The van der Waals surface area contributed by atoms with Crippen LogP contribution in [0.15, 0.2) is 0 Å². The molecule has 10 atom stereocenters. The Labute approximate surface area is 196 Å². The highest BCUT2D eigenvalue weighted by molar-refractivity contribution is 7.99. The van der Waals surface area contributed by atoms with E-state index in [2.05, 4.69) is 12.6 Å². The van der Waals surface area contributed by atoms with Gasteiger partial charge in [0.15, 0.2) is 12.5 Å². The van der Waals surface area contributed by atoms with Crippen LogP contribution in [0.1, 0.15) is 6.42 Å². The fraction of sp³-hybridized carbons (Fsp3) is 1.00. The number of ether oxygens (including phenoxy) is 3. The predicted molar refractivity (Wildman–Crippen MR) is 116 cm³/mol. The molecule has 2 aliphatic heterocycles. The van der Waals surface area contributed by atoms with E-state index >= 15 is 0 Å². The summed E-state index contributed by atoms with van der Waals surface area (Å²) in [6.45, 7) is -0.865. The van der Waals surface area contributed by atoms with E-state index in [9.17, 15) is 35.7 Å². The molecule has 7 N–H and O–H groups in total. The second kappa shape index (κ2) is 13.9. The molecular weight excluding hydrogens is 470 g/mol. The van der Waals surface area contributed by atoms with Crippen LogP contribution in [0.5, 0.6) is 0 Å². The maximum Gasteiger partial charge on any atom is 0.187 e. The van der Waals surface area contributed by atoms with E-state index in [4.69, 9.17) is 19.0 Å². The molecule has 2 rings (SSSR count). The van der Waals surface area contributed by atoms with Crippen LogP contribution in [0.4, 0.5) is 0 Å². The van der Waals surface area contributed by atoms with E-state index in [0.29, 0.717) is 13.0 Å². The zero-order valence-corrected chi connectivity index (χ0v) is 19.5. The highest BCUT2D eigenvalue weighted by Gasteiger charge is 2.51. The lowest BCUT2D eigenvalue weighted by molar-refractivity contribution is -0.366. The van der Waals surface area contributed by atoms with Crippen molar-refractivity contribution in [1.82, 2.24) is 5.06 Å². The van der Waals surface area contributed by atoms with Gasteiger partial charge < -0.3 is 50.0 Å². The third kappa shape index (κ3) is 6.88. The first kappa shape index (κ1) is 28.5. The largest absolute Gasteiger partial charge is 0.394 e. The van der Waals surface area contributed by atoms with Gasteiger partial charge in [-0.3, -0.25) is 4.84 Å². The first-order chi connectivity index (χ1) is 15.3. The maximum absolute atomic E-state index is 10.7. The van der Waals surface area contributed by atoms with E-state index in [-0.39, 0.29) is 0 Å². The van der Waals surface area contributed by atoms with E-state index in [0.717, 1.165) is 17.3 Å². The van der Waals surface area contributed by atoms with Crippen molar-refractivity contribution >= 4 is 24.4 Å². The van der Waals surface area contributed by atoms with Gasteiger partial charge in [-0.25, -0.2) is 0 Å². The minimum absolute atomic E-state index is 0.390. The maximum atomic E-state index is 10.7.